The predicted octanol–water partition coefficient (Wildman–Crippen LogP) is 1.00. The highest BCUT2D eigenvalue weighted by molar-refractivity contribution is 7.99. The number of rotatable bonds is 7. The van der Waals surface area contributed by atoms with Gasteiger partial charge in [0.25, 0.3) is 0 Å². The normalized spacial score (nSPS) is 12.6. The number of aryl methyl sites for hydroxylation is 1. The summed E-state index contributed by atoms with van der Waals surface area (Å²) < 4.78 is 13.0. The van der Waals surface area contributed by atoms with E-state index in [4.69, 9.17) is 5.11 Å². The molecule has 96 valence electrons. The number of carboxylic acid groups (broad SMARTS) is 1. The summed E-state index contributed by atoms with van der Waals surface area (Å²) in [6.45, 7) is 2.64. The van der Waals surface area contributed by atoms with Gasteiger partial charge >= 0.3 is 5.97 Å². The minimum atomic E-state index is -0.860. The van der Waals surface area contributed by atoms with Gasteiger partial charge in [-0.25, -0.2) is 4.98 Å². The monoisotopic (exact) mass is 276 g/mol. The molecule has 0 aliphatic carbocycles. The van der Waals surface area contributed by atoms with Crippen LogP contribution in [0.4, 0.5) is 0 Å². The Bertz CT molecular complexity index is 418. The van der Waals surface area contributed by atoms with Crippen LogP contribution < -0.4 is 0 Å². The maximum absolute atomic E-state index is 11.1. The van der Waals surface area contributed by atoms with Crippen LogP contribution in [-0.2, 0) is 28.6 Å². The van der Waals surface area contributed by atoms with Crippen LogP contribution in [0.1, 0.15) is 12.6 Å². The molecule has 0 saturated carbocycles. The van der Waals surface area contributed by atoms with Crippen molar-refractivity contribution in [2.24, 2.45) is 0 Å². The molecule has 7 heteroatoms. The first kappa shape index (κ1) is 14.2. The second-order valence-electron chi connectivity index (χ2n) is 3.50. The standard InChI is InChI=1S/C10H16N2O3S2/c1-3-8-6-11-10(16-7-9(13)14)12(8)4-5-17(2)15/h6H,3-5,7H2,1-2H3,(H,13,14). The molecule has 0 saturated heterocycles. The highest BCUT2D eigenvalue weighted by Gasteiger charge is 2.11. The van der Waals surface area contributed by atoms with Crippen LogP contribution in [0.25, 0.3) is 0 Å². The molecule has 0 spiro atoms. The second kappa shape index (κ2) is 6.80. The lowest BCUT2D eigenvalue weighted by atomic mass is 10.4. The SMILES string of the molecule is CCc1cnc(SCC(=O)O)n1CCS(C)=O. The number of thioether (sulfide) groups is 1. The molecule has 1 aromatic rings. The summed E-state index contributed by atoms with van der Waals surface area (Å²) in [5, 5.41) is 9.33. The number of hydrogen-bond acceptors (Lipinski definition) is 4. The van der Waals surface area contributed by atoms with Gasteiger partial charge in [0.15, 0.2) is 5.16 Å². The Kier molecular flexibility index (Phi) is 5.70. The minimum absolute atomic E-state index is 0.00458. The third-order valence-corrected chi connectivity index (χ3v) is 3.92. The molecule has 1 atom stereocenters. The van der Waals surface area contributed by atoms with Gasteiger partial charge in [0.1, 0.15) is 0 Å². The van der Waals surface area contributed by atoms with E-state index in [1.54, 1.807) is 12.5 Å². The molecule has 1 rings (SSSR count). The molecule has 5 nitrogen and oxygen atoms in total. The topological polar surface area (TPSA) is 72.2 Å². The lowest BCUT2D eigenvalue weighted by Gasteiger charge is -2.09. The maximum Gasteiger partial charge on any atom is 0.313 e. The fourth-order valence-electron chi connectivity index (χ4n) is 1.37. The molecule has 0 bridgehead atoms. The van der Waals surface area contributed by atoms with Gasteiger partial charge in [-0.2, -0.15) is 0 Å². The Labute approximate surface area is 107 Å². The summed E-state index contributed by atoms with van der Waals surface area (Å²) in [4.78, 5) is 14.7. The predicted molar refractivity (Wildman–Crippen MR) is 68.9 cm³/mol. The van der Waals surface area contributed by atoms with E-state index in [9.17, 15) is 9.00 Å². The van der Waals surface area contributed by atoms with Crippen molar-refractivity contribution in [2.45, 2.75) is 25.0 Å². The highest BCUT2D eigenvalue weighted by Crippen LogP contribution is 2.18. The largest absolute Gasteiger partial charge is 0.481 e. The van der Waals surface area contributed by atoms with Crippen LogP contribution in [-0.4, -0.2) is 42.6 Å². The van der Waals surface area contributed by atoms with Gasteiger partial charge in [0.2, 0.25) is 0 Å². The van der Waals surface area contributed by atoms with Crippen LogP contribution >= 0.6 is 11.8 Å². The van der Waals surface area contributed by atoms with Crippen molar-refractivity contribution in [3.05, 3.63) is 11.9 Å². The zero-order valence-corrected chi connectivity index (χ0v) is 11.5. The quantitative estimate of drug-likeness (QED) is 0.752. The smallest absolute Gasteiger partial charge is 0.313 e. The molecular formula is C10H16N2O3S2. The zero-order valence-electron chi connectivity index (χ0n) is 9.88. The van der Waals surface area contributed by atoms with E-state index in [1.807, 2.05) is 11.5 Å². The third kappa shape index (κ3) is 4.51. The van der Waals surface area contributed by atoms with Crippen LogP contribution in [0.15, 0.2) is 11.4 Å². The van der Waals surface area contributed by atoms with Gasteiger partial charge in [-0.1, -0.05) is 18.7 Å². The molecule has 0 fully saturated rings. The molecule has 0 amide bonds. The van der Waals surface area contributed by atoms with Crippen LogP contribution in [0.3, 0.4) is 0 Å². The Morgan fingerprint density at radius 2 is 2.35 bits per heavy atom. The average molecular weight is 276 g/mol. The summed E-state index contributed by atoms with van der Waals surface area (Å²) in [5.74, 6) is -0.305. The van der Waals surface area contributed by atoms with Crippen LogP contribution in [0, 0.1) is 0 Å². The summed E-state index contributed by atoms with van der Waals surface area (Å²) in [6, 6.07) is 0. The molecule has 0 aromatic carbocycles. The van der Waals surface area contributed by atoms with E-state index < -0.39 is 16.8 Å². The highest BCUT2D eigenvalue weighted by atomic mass is 32.2. The van der Waals surface area contributed by atoms with Crippen molar-refractivity contribution in [1.82, 2.24) is 9.55 Å². The van der Waals surface area contributed by atoms with Gasteiger partial charge in [0, 0.05) is 41.2 Å². The summed E-state index contributed by atoms with van der Waals surface area (Å²) in [5.41, 5.74) is 1.04. The fourth-order valence-corrected chi connectivity index (χ4v) is 2.56. The van der Waals surface area contributed by atoms with Gasteiger partial charge in [0.05, 0.1) is 5.75 Å². The Morgan fingerprint density at radius 3 is 2.88 bits per heavy atom. The van der Waals surface area contributed by atoms with E-state index >= 15 is 0 Å². The summed E-state index contributed by atoms with van der Waals surface area (Å²) in [7, 11) is -0.856. The molecule has 0 aliphatic rings. The second-order valence-corrected chi connectivity index (χ2v) is 5.99. The summed E-state index contributed by atoms with van der Waals surface area (Å²) >= 11 is 1.20. The van der Waals surface area contributed by atoms with Gasteiger partial charge in [-0.15, -0.1) is 0 Å². The first-order valence-electron chi connectivity index (χ1n) is 5.23. The van der Waals surface area contributed by atoms with Crippen molar-refractivity contribution >= 4 is 28.5 Å². The van der Waals surface area contributed by atoms with Crippen molar-refractivity contribution < 1.29 is 14.1 Å². The summed E-state index contributed by atoms with van der Waals surface area (Å²) in [6.07, 6.45) is 4.24. The molecule has 1 aromatic heterocycles. The van der Waals surface area contributed by atoms with Crippen molar-refractivity contribution in [2.75, 3.05) is 17.8 Å². The number of carbonyl (C=O) groups is 1. The van der Waals surface area contributed by atoms with Crippen LogP contribution in [0.5, 0.6) is 0 Å². The Morgan fingerprint density at radius 1 is 1.65 bits per heavy atom. The minimum Gasteiger partial charge on any atom is -0.481 e. The molecule has 0 radical (unpaired) electrons. The number of carboxylic acids is 1. The molecule has 0 aliphatic heterocycles. The van der Waals surface area contributed by atoms with Crippen molar-refractivity contribution in [1.29, 1.82) is 0 Å². The molecule has 1 heterocycles. The van der Waals surface area contributed by atoms with E-state index in [1.165, 1.54) is 11.8 Å². The number of hydrogen-bond donors (Lipinski definition) is 1. The van der Waals surface area contributed by atoms with Crippen LogP contribution in [0.2, 0.25) is 0 Å². The lowest BCUT2D eigenvalue weighted by molar-refractivity contribution is -0.133. The number of imidazole rings is 1. The molecular weight excluding hydrogens is 260 g/mol. The maximum atomic E-state index is 11.1. The molecule has 17 heavy (non-hydrogen) atoms. The first-order valence-corrected chi connectivity index (χ1v) is 7.95. The van der Waals surface area contributed by atoms with Gasteiger partial charge < -0.3 is 9.67 Å². The molecule has 1 N–H and O–H groups in total. The zero-order chi connectivity index (χ0) is 12.8. The van der Waals surface area contributed by atoms with Gasteiger partial charge in [-0.3, -0.25) is 9.00 Å². The van der Waals surface area contributed by atoms with E-state index in [2.05, 4.69) is 4.98 Å². The van der Waals surface area contributed by atoms with E-state index in [0.717, 1.165) is 12.1 Å². The fraction of sp³-hybridized carbons (Fsp3) is 0.600. The number of aromatic nitrogens is 2. The van der Waals surface area contributed by atoms with E-state index in [-0.39, 0.29) is 5.75 Å². The van der Waals surface area contributed by atoms with Gasteiger partial charge in [-0.05, 0) is 6.42 Å². The first-order chi connectivity index (χ1) is 8.04. The Hall–Kier alpha value is -0.820. The number of nitrogens with zero attached hydrogens (tertiary/aromatic N) is 2. The van der Waals surface area contributed by atoms with E-state index in [0.29, 0.717) is 17.5 Å². The third-order valence-electron chi connectivity index (χ3n) is 2.19. The Balaban J connectivity index is 2.77. The average Bonchev–Trinajstić information content (AvgIpc) is 2.65. The molecule has 1 unspecified atom stereocenters. The van der Waals surface area contributed by atoms with Crippen molar-refractivity contribution in [3.8, 4) is 0 Å². The van der Waals surface area contributed by atoms with Crippen molar-refractivity contribution in [3.63, 3.8) is 0 Å². The lowest BCUT2D eigenvalue weighted by Crippen LogP contribution is -2.11. The number of aliphatic carboxylic acids is 1.